The number of phenolic OH excluding ortho intramolecular Hbond substituents is 1. The van der Waals surface area contributed by atoms with E-state index in [1.807, 2.05) is 25.1 Å². The molecule has 11 heteroatoms. The van der Waals surface area contributed by atoms with E-state index in [4.69, 9.17) is 27.9 Å². The molecule has 2 aliphatic heterocycles. The van der Waals surface area contributed by atoms with Crippen molar-refractivity contribution in [3.05, 3.63) is 65.2 Å². The van der Waals surface area contributed by atoms with Crippen LogP contribution in [0.5, 0.6) is 11.5 Å². The van der Waals surface area contributed by atoms with E-state index < -0.39 is 45.2 Å². The SMILES string of the molecule is CCc1ccc(N2C(=O)[C@H]3[C@H](CC=C4[C@H]3C[C@@]3(Cl)C(=O)N(CBr)C(=O)[C@@]3(Cl)[C@H]4c3cccc(OC)c3O)C2=O)cc1. The normalized spacial score (nSPS) is 32.6. The van der Waals surface area contributed by atoms with Crippen LogP contribution in [0.25, 0.3) is 0 Å². The van der Waals surface area contributed by atoms with Gasteiger partial charge in [-0.2, -0.15) is 0 Å². The molecule has 0 bridgehead atoms. The molecular weight excluding hydrogens is 635 g/mol. The smallest absolute Gasteiger partial charge is 0.254 e. The van der Waals surface area contributed by atoms with Crippen LogP contribution in [0.15, 0.2) is 54.1 Å². The average Bonchev–Trinajstić information content (AvgIpc) is 3.31. The van der Waals surface area contributed by atoms with Gasteiger partial charge < -0.3 is 9.84 Å². The fraction of sp³-hybridized carbons (Fsp3) is 0.400. The third kappa shape index (κ3) is 3.64. The molecule has 4 aliphatic rings. The quantitative estimate of drug-likeness (QED) is 0.212. The number of halogens is 3. The number of allylic oxidation sites excluding steroid dienone is 2. The number of rotatable bonds is 5. The van der Waals surface area contributed by atoms with E-state index in [1.54, 1.807) is 30.3 Å². The van der Waals surface area contributed by atoms with Crippen LogP contribution < -0.4 is 9.64 Å². The van der Waals surface area contributed by atoms with Gasteiger partial charge in [-0.1, -0.05) is 58.8 Å². The van der Waals surface area contributed by atoms with Gasteiger partial charge >= 0.3 is 0 Å². The third-order valence-corrected chi connectivity index (χ3v) is 11.1. The largest absolute Gasteiger partial charge is 0.504 e. The second-order valence-corrected chi connectivity index (χ2v) is 12.7. The zero-order valence-electron chi connectivity index (χ0n) is 22.3. The minimum Gasteiger partial charge on any atom is -0.504 e. The van der Waals surface area contributed by atoms with Crippen LogP contribution in [0.4, 0.5) is 5.69 Å². The summed E-state index contributed by atoms with van der Waals surface area (Å²) in [7, 11) is 1.40. The number of aryl methyl sites for hydroxylation is 1. The zero-order chi connectivity index (χ0) is 29.4. The molecule has 2 saturated heterocycles. The van der Waals surface area contributed by atoms with Gasteiger partial charge in [0.05, 0.1) is 30.1 Å². The van der Waals surface area contributed by atoms with Crippen LogP contribution in [0, 0.1) is 17.8 Å². The lowest BCUT2D eigenvalue weighted by molar-refractivity contribution is -0.138. The summed E-state index contributed by atoms with van der Waals surface area (Å²) in [4.78, 5) is 53.6. The summed E-state index contributed by atoms with van der Waals surface area (Å²) in [5.74, 6) is -5.41. The Bertz CT molecular complexity index is 1530. The Morgan fingerprint density at radius 2 is 1.73 bits per heavy atom. The summed E-state index contributed by atoms with van der Waals surface area (Å²) in [6, 6.07) is 12.1. The monoisotopic (exact) mass is 660 g/mol. The van der Waals surface area contributed by atoms with E-state index in [9.17, 15) is 24.3 Å². The number of carbonyl (C=O) groups excluding carboxylic acids is 4. The first-order valence-corrected chi connectivity index (χ1v) is 15.3. The number of benzene rings is 2. The summed E-state index contributed by atoms with van der Waals surface area (Å²) >= 11 is 17.6. The number of phenols is 1. The van der Waals surface area contributed by atoms with E-state index >= 15 is 0 Å². The Morgan fingerprint density at radius 1 is 1.02 bits per heavy atom. The Kier molecular flexibility index (Phi) is 6.79. The van der Waals surface area contributed by atoms with Gasteiger partial charge in [0, 0.05) is 11.5 Å². The molecular formula is C30H27BrCl2N2O6. The molecule has 2 heterocycles. The zero-order valence-corrected chi connectivity index (χ0v) is 25.4. The molecule has 2 aromatic carbocycles. The third-order valence-electron chi connectivity index (χ3n) is 9.18. The van der Waals surface area contributed by atoms with Crippen molar-refractivity contribution in [1.29, 1.82) is 0 Å². The molecule has 2 aliphatic carbocycles. The number of hydrogen-bond donors (Lipinski definition) is 1. The molecule has 214 valence electrons. The molecule has 6 rings (SSSR count). The first-order valence-electron chi connectivity index (χ1n) is 13.4. The highest BCUT2D eigenvalue weighted by Crippen LogP contribution is 2.66. The number of methoxy groups -OCH3 is 1. The molecule has 4 amide bonds. The lowest BCUT2D eigenvalue weighted by atomic mass is 9.56. The number of nitrogens with zero attached hydrogens (tertiary/aromatic N) is 2. The second-order valence-electron chi connectivity index (χ2n) is 10.9. The number of carbonyl (C=O) groups is 4. The molecule has 0 aromatic heterocycles. The lowest BCUT2D eigenvalue weighted by Gasteiger charge is -2.50. The number of aromatic hydroxyl groups is 1. The second kappa shape index (κ2) is 9.85. The standard InChI is InChI=1S/C30H27BrCl2N2O6/c1-3-15-7-9-16(10-8-15)35-25(37)18-12-11-17-20(22(18)26(35)38)13-29(32)27(39)34(14-31)28(40)30(29,33)23(17)19-5-4-6-21(41-2)24(19)36/h4-11,18,20,22-23,36H,3,12-14H2,1-2H3/t18-,20+,22-,23+,29+,30-/m0/s1. The summed E-state index contributed by atoms with van der Waals surface area (Å²) in [5.41, 5.74) is 2.28. The molecule has 0 unspecified atom stereocenters. The topological polar surface area (TPSA) is 104 Å². The van der Waals surface area contributed by atoms with Gasteiger partial charge in [-0.05, 0) is 48.9 Å². The van der Waals surface area contributed by atoms with Crippen LogP contribution in [-0.2, 0) is 25.6 Å². The van der Waals surface area contributed by atoms with Crippen molar-refractivity contribution in [3.63, 3.8) is 0 Å². The van der Waals surface area contributed by atoms with E-state index in [0.29, 0.717) is 11.3 Å². The maximum absolute atomic E-state index is 14.1. The van der Waals surface area contributed by atoms with Crippen LogP contribution in [0.1, 0.15) is 36.8 Å². The van der Waals surface area contributed by atoms with Gasteiger partial charge in [-0.25, -0.2) is 0 Å². The summed E-state index contributed by atoms with van der Waals surface area (Å²) in [6.07, 6.45) is 2.76. The number of ether oxygens (including phenoxy) is 1. The van der Waals surface area contributed by atoms with Crippen molar-refractivity contribution < 1.29 is 29.0 Å². The summed E-state index contributed by atoms with van der Waals surface area (Å²) < 4.78 is 5.33. The van der Waals surface area contributed by atoms with Gasteiger partial charge in [0.2, 0.25) is 11.8 Å². The molecule has 6 atom stereocenters. The van der Waals surface area contributed by atoms with Crippen molar-refractivity contribution in [2.45, 2.75) is 41.9 Å². The Morgan fingerprint density at radius 3 is 2.37 bits per heavy atom. The molecule has 41 heavy (non-hydrogen) atoms. The van der Waals surface area contributed by atoms with Crippen molar-refractivity contribution in [2.75, 3.05) is 17.5 Å². The number of likely N-dealkylation sites (tertiary alicyclic amines) is 1. The van der Waals surface area contributed by atoms with Crippen LogP contribution in [-0.4, -0.2) is 55.9 Å². The number of amides is 4. The molecule has 3 fully saturated rings. The maximum atomic E-state index is 14.1. The summed E-state index contributed by atoms with van der Waals surface area (Å²) in [6.45, 7) is 2.02. The van der Waals surface area contributed by atoms with Crippen molar-refractivity contribution >= 4 is 68.4 Å². The number of alkyl halides is 3. The molecule has 8 nitrogen and oxygen atoms in total. The van der Waals surface area contributed by atoms with Crippen LogP contribution >= 0.6 is 39.1 Å². The van der Waals surface area contributed by atoms with Gasteiger partial charge in [-0.3, -0.25) is 29.0 Å². The predicted molar refractivity (Wildman–Crippen MR) is 156 cm³/mol. The molecule has 0 radical (unpaired) electrons. The number of anilines is 1. The fourth-order valence-electron chi connectivity index (χ4n) is 7.17. The summed E-state index contributed by atoms with van der Waals surface area (Å²) in [5, 5.41) is 11.2. The van der Waals surface area contributed by atoms with Gasteiger partial charge in [-0.15, -0.1) is 23.2 Å². The van der Waals surface area contributed by atoms with E-state index in [2.05, 4.69) is 15.9 Å². The molecule has 0 spiro atoms. The predicted octanol–water partition coefficient (Wildman–Crippen LogP) is 4.88. The van der Waals surface area contributed by atoms with Gasteiger partial charge in [0.25, 0.3) is 11.8 Å². The molecule has 2 aromatic rings. The Labute approximate surface area is 255 Å². The highest BCUT2D eigenvalue weighted by atomic mass is 79.9. The van der Waals surface area contributed by atoms with Gasteiger partial charge in [0.1, 0.15) is 0 Å². The number of para-hydroxylation sites is 1. The van der Waals surface area contributed by atoms with E-state index in [1.165, 1.54) is 12.0 Å². The van der Waals surface area contributed by atoms with Crippen LogP contribution in [0.2, 0.25) is 0 Å². The first-order chi connectivity index (χ1) is 19.5. The number of fused-ring (bicyclic) bond motifs is 4. The van der Waals surface area contributed by atoms with Crippen molar-refractivity contribution in [3.8, 4) is 11.5 Å². The lowest BCUT2D eigenvalue weighted by Crippen LogP contribution is -2.60. The maximum Gasteiger partial charge on any atom is 0.254 e. The highest BCUT2D eigenvalue weighted by molar-refractivity contribution is 9.09. The fourth-order valence-corrected chi connectivity index (χ4v) is 8.59. The minimum absolute atomic E-state index is 0.123. The van der Waals surface area contributed by atoms with Crippen molar-refractivity contribution in [2.24, 2.45) is 17.8 Å². The first kappa shape index (κ1) is 28.2. The number of hydrogen-bond acceptors (Lipinski definition) is 6. The van der Waals surface area contributed by atoms with Crippen molar-refractivity contribution in [1.82, 2.24) is 4.90 Å². The molecule has 1 N–H and O–H groups in total. The van der Waals surface area contributed by atoms with Gasteiger partial charge in [0.15, 0.2) is 21.2 Å². The highest BCUT2D eigenvalue weighted by Gasteiger charge is 2.76. The average molecular weight is 662 g/mol. The Balaban J connectivity index is 1.52. The van der Waals surface area contributed by atoms with E-state index in [-0.39, 0.29) is 47.2 Å². The van der Waals surface area contributed by atoms with Crippen LogP contribution in [0.3, 0.4) is 0 Å². The molecule has 1 saturated carbocycles. The van der Waals surface area contributed by atoms with E-state index in [0.717, 1.165) is 16.9 Å². The minimum atomic E-state index is -2.00. The number of imide groups is 2. The Hall–Kier alpha value is -2.88.